The highest BCUT2D eigenvalue weighted by Crippen LogP contribution is 2.27. The van der Waals surface area contributed by atoms with E-state index in [-0.39, 0.29) is 4.90 Å². The van der Waals surface area contributed by atoms with Gasteiger partial charge in [-0.3, -0.25) is 0 Å². The molecule has 0 atom stereocenters. The fourth-order valence-corrected chi connectivity index (χ4v) is 3.60. The minimum absolute atomic E-state index is 0.280. The first-order chi connectivity index (χ1) is 9.10. The Bertz CT molecular complexity index is 586. The minimum atomic E-state index is -3.55. The Hall–Kier alpha value is -0.920. The molecule has 0 radical (unpaired) electrons. The number of ether oxygens (including phenoxy) is 1. The summed E-state index contributed by atoms with van der Waals surface area (Å²) in [5.74, 6) is 0.507. The van der Waals surface area contributed by atoms with Gasteiger partial charge in [-0.2, -0.15) is 8.42 Å². The number of amidine groups is 1. The smallest absolute Gasteiger partial charge is 0.285 e. The molecule has 19 heavy (non-hydrogen) atoms. The fraction of sp³-hybridized carbons (Fsp3) is 0.417. The third kappa shape index (κ3) is 2.98. The van der Waals surface area contributed by atoms with Gasteiger partial charge in [0.1, 0.15) is 4.90 Å². The van der Waals surface area contributed by atoms with Crippen molar-refractivity contribution in [2.75, 3.05) is 32.1 Å². The zero-order valence-corrected chi connectivity index (χ0v) is 12.9. The summed E-state index contributed by atoms with van der Waals surface area (Å²) in [6.07, 6.45) is 0. The molecule has 0 unspecified atom stereocenters. The number of fused-ring (bicyclic) bond motifs is 1. The van der Waals surface area contributed by atoms with E-state index in [1.807, 2.05) is 11.0 Å². The molecule has 104 valence electrons. The van der Waals surface area contributed by atoms with Crippen molar-refractivity contribution < 1.29 is 13.2 Å². The zero-order valence-electron chi connectivity index (χ0n) is 10.5. The molecule has 0 bridgehead atoms. The van der Waals surface area contributed by atoms with E-state index in [0.29, 0.717) is 31.1 Å². The number of benzene rings is 1. The van der Waals surface area contributed by atoms with Gasteiger partial charge in [0.2, 0.25) is 0 Å². The highest BCUT2D eigenvalue weighted by atomic mass is 79.9. The first-order valence-electron chi connectivity index (χ1n) is 5.84. The summed E-state index contributed by atoms with van der Waals surface area (Å²) in [5, 5.41) is 0.734. The van der Waals surface area contributed by atoms with E-state index >= 15 is 0 Å². The lowest BCUT2D eigenvalue weighted by atomic mass is 10.2. The Morgan fingerprint density at radius 1 is 1.32 bits per heavy atom. The topological polar surface area (TPSA) is 59.0 Å². The number of methoxy groups -OCH3 is 1. The second kappa shape index (κ2) is 6.02. The van der Waals surface area contributed by atoms with E-state index in [1.165, 1.54) is 0 Å². The number of sulfonamides is 1. The first-order valence-corrected chi connectivity index (χ1v) is 8.40. The summed E-state index contributed by atoms with van der Waals surface area (Å²) >= 11 is 3.37. The van der Waals surface area contributed by atoms with Gasteiger partial charge in [0.25, 0.3) is 10.0 Å². The number of hydrogen-bond acceptors (Lipinski definition) is 4. The van der Waals surface area contributed by atoms with Crippen LogP contribution in [0.15, 0.2) is 33.6 Å². The van der Waals surface area contributed by atoms with Crippen LogP contribution in [0.2, 0.25) is 0 Å². The molecule has 1 aromatic rings. The largest absolute Gasteiger partial charge is 0.383 e. The average molecular weight is 347 g/mol. The predicted molar refractivity (Wildman–Crippen MR) is 77.4 cm³/mol. The molecule has 2 rings (SSSR count). The van der Waals surface area contributed by atoms with Crippen molar-refractivity contribution in [1.82, 2.24) is 4.90 Å². The molecule has 0 saturated heterocycles. The van der Waals surface area contributed by atoms with Gasteiger partial charge in [0.15, 0.2) is 5.84 Å². The SMILES string of the molecule is COCCN(CCBr)C1=NS(=O)(=O)c2ccccc21. The van der Waals surface area contributed by atoms with E-state index in [4.69, 9.17) is 4.74 Å². The van der Waals surface area contributed by atoms with Crippen LogP contribution in [-0.4, -0.2) is 51.3 Å². The number of nitrogens with zero attached hydrogens (tertiary/aromatic N) is 2. The zero-order chi connectivity index (χ0) is 13.9. The highest BCUT2D eigenvalue weighted by Gasteiger charge is 2.31. The molecule has 7 heteroatoms. The maximum absolute atomic E-state index is 12.0. The monoisotopic (exact) mass is 346 g/mol. The van der Waals surface area contributed by atoms with Crippen LogP contribution in [0.1, 0.15) is 5.56 Å². The summed E-state index contributed by atoms with van der Waals surface area (Å²) in [6.45, 7) is 1.80. The van der Waals surface area contributed by atoms with Crippen molar-refractivity contribution in [3.05, 3.63) is 29.8 Å². The molecule has 1 aliphatic heterocycles. The van der Waals surface area contributed by atoms with Crippen molar-refractivity contribution in [2.45, 2.75) is 4.90 Å². The van der Waals surface area contributed by atoms with Crippen molar-refractivity contribution >= 4 is 31.8 Å². The number of halogens is 1. The van der Waals surface area contributed by atoms with Gasteiger partial charge < -0.3 is 9.64 Å². The van der Waals surface area contributed by atoms with Gasteiger partial charge in [-0.15, -0.1) is 4.40 Å². The Morgan fingerprint density at radius 2 is 2.05 bits per heavy atom. The van der Waals surface area contributed by atoms with Crippen LogP contribution in [0, 0.1) is 0 Å². The summed E-state index contributed by atoms with van der Waals surface area (Å²) in [6, 6.07) is 6.90. The molecule has 0 aromatic heterocycles. The van der Waals surface area contributed by atoms with Gasteiger partial charge in [0.05, 0.1) is 6.61 Å². The maximum atomic E-state index is 12.0. The Morgan fingerprint density at radius 3 is 2.74 bits per heavy atom. The van der Waals surface area contributed by atoms with E-state index in [2.05, 4.69) is 20.3 Å². The summed E-state index contributed by atoms with van der Waals surface area (Å²) in [5.41, 5.74) is 0.666. The fourth-order valence-electron chi connectivity index (χ4n) is 1.94. The van der Waals surface area contributed by atoms with Gasteiger partial charge in [-0.1, -0.05) is 28.1 Å². The molecule has 0 spiro atoms. The molecule has 0 amide bonds. The Labute approximate surface area is 121 Å². The van der Waals surface area contributed by atoms with Crippen molar-refractivity contribution in [3.8, 4) is 0 Å². The second-order valence-corrected chi connectivity index (χ2v) is 6.42. The lowest BCUT2D eigenvalue weighted by Crippen LogP contribution is -2.35. The highest BCUT2D eigenvalue weighted by molar-refractivity contribution is 9.09. The number of rotatable bonds is 5. The molecule has 0 aliphatic carbocycles. The second-order valence-electron chi connectivity index (χ2n) is 4.05. The van der Waals surface area contributed by atoms with Crippen LogP contribution in [0.4, 0.5) is 0 Å². The van der Waals surface area contributed by atoms with Crippen molar-refractivity contribution in [2.24, 2.45) is 4.40 Å². The molecule has 0 N–H and O–H groups in total. The molecular formula is C12H15BrN2O3S. The minimum Gasteiger partial charge on any atom is -0.383 e. The van der Waals surface area contributed by atoms with Crippen LogP contribution >= 0.6 is 15.9 Å². The summed E-state index contributed by atoms with van der Waals surface area (Å²) in [7, 11) is -1.93. The number of alkyl halides is 1. The quantitative estimate of drug-likeness (QED) is 0.757. The maximum Gasteiger partial charge on any atom is 0.285 e. The third-order valence-corrected chi connectivity index (χ3v) is 4.51. The third-order valence-electron chi connectivity index (χ3n) is 2.83. The molecule has 1 aliphatic rings. The number of hydrogen-bond donors (Lipinski definition) is 0. The lowest BCUT2D eigenvalue weighted by molar-refractivity contribution is 0.178. The van der Waals surface area contributed by atoms with Gasteiger partial charge in [-0.25, -0.2) is 0 Å². The molecule has 1 heterocycles. The van der Waals surface area contributed by atoms with Crippen LogP contribution in [0.5, 0.6) is 0 Å². The lowest BCUT2D eigenvalue weighted by Gasteiger charge is -2.23. The Balaban J connectivity index is 2.38. The molecular weight excluding hydrogens is 332 g/mol. The van der Waals surface area contributed by atoms with E-state index in [1.54, 1.807) is 25.3 Å². The normalized spacial score (nSPS) is 16.0. The summed E-state index contributed by atoms with van der Waals surface area (Å²) in [4.78, 5) is 2.20. The van der Waals surface area contributed by atoms with Crippen LogP contribution in [0.25, 0.3) is 0 Å². The van der Waals surface area contributed by atoms with Gasteiger partial charge in [0, 0.05) is 31.1 Å². The molecule has 1 aromatic carbocycles. The van der Waals surface area contributed by atoms with E-state index < -0.39 is 10.0 Å². The van der Waals surface area contributed by atoms with E-state index in [0.717, 1.165) is 5.33 Å². The van der Waals surface area contributed by atoms with Crippen LogP contribution < -0.4 is 0 Å². The van der Waals surface area contributed by atoms with Crippen LogP contribution in [0.3, 0.4) is 0 Å². The van der Waals surface area contributed by atoms with Crippen molar-refractivity contribution in [1.29, 1.82) is 0 Å². The van der Waals surface area contributed by atoms with Crippen molar-refractivity contribution in [3.63, 3.8) is 0 Å². The van der Waals surface area contributed by atoms with Gasteiger partial charge in [-0.05, 0) is 12.1 Å². The standard InChI is InChI=1S/C12H15BrN2O3S/c1-18-9-8-15(7-6-13)12-10-4-2-3-5-11(10)19(16,17)14-12/h2-5H,6-9H2,1H3. The molecule has 0 fully saturated rings. The van der Waals surface area contributed by atoms with Crippen LogP contribution in [-0.2, 0) is 14.8 Å². The average Bonchev–Trinajstić information content (AvgIpc) is 2.67. The molecule has 0 saturated carbocycles. The Kier molecular flexibility index (Phi) is 4.59. The van der Waals surface area contributed by atoms with E-state index in [9.17, 15) is 8.42 Å². The van der Waals surface area contributed by atoms with Gasteiger partial charge >= 0.3 is 0 Å². The summed E-state index contributed by atoms with van der Waals surface area (Å²) < 4.78 is 32.9. The first kappa shape index (κ1) is 14.5. The predicted octanol–water partition coefficient (Wildman–Crippen LogP) is 1.48. The molecule has 5 nitrogen and oxygen atoms in total.